The monoisotopic (exact) mass is 414 g/mol. The molecule has 0 aromatic carbocycles. The van der Waals surface area contributed by atoms with Gasteiger partial charge in [0.05, 0.1) is 19.8 Å². The maximum atomic E-state index is 10.8. The molecule has 2 rings (SSSR count). The second kappa shape index (κ2) is 10.9. The summed E-state index contributed by atoms with van der Waals surface area (Å²) in [6.45, 7) is 15.2. The summed E-state index contributed by atoms with van der Waals surface area (Å²) < 4.78 is 26.6. The van der Waals surface area contributed by atoms with E-state index in [-0.39, 0.29) is 35.5 Å². The van der Waals surface area contributed by atoms with Crippen LogP contribution in [0.2, 0.25) is 18.1 Å². The van der Waals surface area contributed by atoms with Crippen LogP contribution in [0.3, 0.4) is 0 Å². The number of carbonyl (C=O) groups is 2. The van der Waals surface area contributed by atoms with Crippen LogP contribution in [0.5, 0.6) is 0 Å². The van der Waals surface area contributed by atoms with Crippen molar-refractivity contribution >= 4 is 20.3 Å². The minimum atomic E-state index is -1.83. The van der Waals surface area contributed by atoms with Crippen LogP contribution in [0.15, 0.2) is 24.3 Å². The Hall–Kier alpha value is -1.48. The molecule has 28 heavy (non-hydrogen) atoms. The maximum absolute atomic E-state index is 10.8. The third-order valence-corrected chi connectivity index (χ3v) is 9.04. The van der Waals surface area contributed by atoms with E-state index < -0.39 is 8.32 Å². The number of carbonyl (C=O) groups excluding carboxylic acids is 2. The Balaban J connectivity index is 0.000000330. The molecule has 0 radical (unpaired) electrons. The predicted molar refractivity (Wildman–Crippen MR) is 108 cm³/mol. The second-order valence-corrected chi connectivity index (χ2v) is 13.0. The lowest BCUT2D eigenvalue weighted by Gasteiger charge is -2.39. The second-order valence-electron chi connectivity index (χ2n) is 8.23. The zero-order valence-corrected chi connectivity index (χ0v) is 19.0. The minimum Gasteiger partial charge on any atom is -0.456 e. The minimum absolute atomic E-state index is 0.150. The largest absolute Gasteiger partial charge is 0.456 e. The van der Waals surface area contributed by atoms with Crippen LogP contribution in [0.25, 0.3) is 0 Å². The Morgan fingerprint density at radius 2 is 1.54 bits per heavy atom. The molecule has 0 saturated carbocycles. The molecule has 8 heteroatoms. The number of esters is 2. The van der Waals surface area contributed by atoms with E-state index in [1.807, 2.05) is 24.3 Å². The van der Waals surface area contributed by atoms with E-state index in [1.54, 1.807) is 0 Å². The first-order valence-electron chi connectivity index (χ1n) is 9.47. The highest BCUT2D eigenvalue weighted by Crippen LogP contribution is 2.37. The number of hydrogen-bond acceptors (Lipinski definition) is 7. The molecule has 0 amide bonds. The highest BCUT2D eigenvalue weighted by atomic mass is 28.4. The standard InChI is InChI=1S/C13H24O4Si.C7H10O3/c1-10(14)16-11-7-8-12(15-9-11)17-18(5,6)13(2,3)4;1-6(8)10-7-3-2-4-9-5-7/h7-8,11-12H,9H2,1-6H3;2-3,7H,4-5H2,1H3. The van der Waals surface area contributed by atoms with Crippen LogP contribution in [-0.2, 0) is 33.0 Å². The molecule has 2 aliphatic rings. The van der Waals surface area contributed by atoms with E-state index in [0.717, 1.165) is 0 Å². The van der Waals surface area contributed by atoms with Crippen molar-refractivity contribution in [2.75, 3.05) is 19.8 Å². The van der Waals surface area contributed by atoms with Crippen LogP contribution in [0.4, 0.5) is 0 Å². The number of ether oxygens (including phenoxy) is 4. The van der Waals surface area contributed by atoms with Gasteiger partial charge in [0.2, 0.25) is 0 Å². The van der Waals surface area contributed by atoms with E-state index in [4.69, 9.17) is 23.4 Å². The Morgan fingerprint density at radius 3 is 1.93 bits per heavy atom. The van der Waals surface area contributed by atoms with Crippen molar-refractivity contribution in [3.63, 3.8) is 0 Å². The number of hydrogen-bond donors (Lipinski definition) is 0. The zero-order valence-electron chi connectivity index (χ0n) is 18.0. The normalized spacial score (nSPS) is 24.8. The highest BCUT2D eigenvalue weighted by molar-refractivity contribution is 6.74. The molecule has 0 saturated heterocycles. The fourth-order valence-corrected chi connectivity index (χ4v) is 3.22. The van der Waals surface area contributed by atoms with E-state index in [1.165, 1.54) is 13.8 Å². The fraction of sp³-hybridized carbons (Fsp3) is 0.700. The topological polar surface area (TPSA) is 80.3 Å². The molecule has 2 heterocycles. The van der Waals surface area contributed by atoms with Crippen LogP contribution in [0, 0.1) is 0 Å². The Labute approximate surface area is 169 Å². The molecule has 0 fully saturated rings. The quantitative estimate of drug-likeness (QED) is 0.396. The van der Waals surface area contributed by atoms with Gasteiger partial charge in [0.1, 0.15) is 12.2 Å². The van der Waals surface area contributed by atoms with E-state index in [9.17, 15) is 9.59 Å². The van der Waals surface area contributed by atoms with Crippen molar-refractivity contribution in [1.29, 1.82) is 0 Å². The highest BCUT2D eigenvalue weighted by Gasteiger charge is 2.39. The summed E-state index contributed by atoms with van der Waals surface area (Å²) in [7, 11) is -1.83. The summed E-state index contributed by atoms with van der Waals surface area (Å²) in [6, 6.07) is 0. The lowest BCUT2D eigenvalue weighted by Crippen LogP contribution is -2.45. The van der Waals surface area contributed by atoms with Crippen LogP contribution < -0.4 is 0 Å². The molecule has 2 aliphatic heterocycles. The molecule has 7 nitrogen and oxygen atoms in total. The molecule has 0 N–H and O–H groups in total. The Morgan fingerprint density at radius 1 is 0.964 bits per heavy atom. The van der Waals surface area contributed by atoms with Gasteiger partial charge < -0.3 is 23.4 Å². The van der Waals surface area contributed by atoms with Crippen molar-refractivity contribution < 1.29 is 33.0 Å². The smallest absolute Gasteiger partial charge is 0.303 e. The molecule has 0 spiro atoms. The van der Waals surface area contributed by atoms with Gasteiger partial charge in [0.25, 0.3) is 0 Å². The Kier molecular flexibility index (Phi) is 9.56. The summed E-state index contributed by atoms with van der Waals surface area (Å²) in [5.41, 5.74) is 0. The van der Waals surface area contributed by atoms with Crippen LogP contribution in [0.1, 0.15) is 34.6 Å². The molecule has 3 atom stereocenters. The third kappa shape index (κ3) is 9.14. The third-order valence-electron chi connectivity index (χ3n) is 4.61. The lowest BCUT2D eigenvalue weighted by atomic mass is 10.2. The van der Waals surface area contributed by atoms with Gasteiger partial charge in [-0.2, -0.15) is 0 Å². The van der Waals surface area contributed by atoms with Gasteiger partial charge in [-0.1, -0.05) is 26.8 Å². The summed E-state index contributed by atoms with van der Waals surface area (Å²) >= 11 is 0. The predicted octanol–water partition coefficient (Wildman–Crippen LogP) is 3.36. The van der Waals surface area contributed by atoms with Crippen LogP contribution >= 0.6 is 0 Å². The molecule has 160 valence electrons. The SMILES string of the molecule is CC(=O)OC1C=CC(O[Si](C)(C)C(C)(C)C)OC1.CC(=O)OC1C=CCOC1. The summed E-state index contributed by atoms with van der Waals surface area (Å²) in [4.78, 5) is 21.2. The summed E-state index contributed by atoms with van der Waals surface area (Å²) in [5.74, 6) is -0.558. The average Bonchev–Trinajstić information content (AvgIpc) is 2.56. The summed E-state index contributed by atoms with van der Waals surface area (Å²) in [6.07, 6.45) is 6.56. The van der Waals surface area contributed by atoms with Gasteiger partial charge in [0, 0.05) is 13.8 Å². The van der Waals surface area contributed by atoms with Crippen molar-refractivity contribution in [3.8, 4) is 0 Å². The lowest BCUT2D eigenvalue weighted by molar-refractivity contribution is -0.152. The van der Waals surface area contributed by atoms with Crippen molar-refractivity contribution in [3.05, 3.63) is 24.3 Å². The molecule has 0 bridgehead atoms. The first kappa shape index (κ1) is 24.6. The van der Waals surface area contributed by atoms with Gasteiger partial charge in [-0.05, 0) is 36.4 Å². The van der Waals surface area contributed by atoms with E-state index >= 15 is 0 Å². The Bertz CT molecular complexity index is 578. The van der Waals surface area contributed by atoms with Gasteiger partial charge in [-0.15, -0.1) is 0 Å². The van der Waals surface area contributed by atoms with Gasteiger partial charge in [0.15, 0.2) is 14.6 Å². The van der Waals surface area contributed by atoms with Crippen molar-refractivity contribution in [2.45, 2.75) is 71.2 Å². The van der Waals surface area contributed by atoms with E-state index in [2.05, 4.69) is 33.9 Å². The molecular weight excluding hydrogens is 380 g/mol. The molecule has 0 aromatic heterocycles. The van der Waals surface area contributed by atoms with Gasteiger partial charge in [-0.3, -0.25) is 9.59 Å². The number of rotatable bonds is 4. The average molecular weight is 415 g/mol. The van der Waals surface area contributed by atoms with Crippen molar-refractivity contribution in [2.24, 2.45) is 0 Å². The van der Waals surface area contributed by atoms with Crippen molar-refractivity contribution in [1.82, 2.24) is 0 Å². The molecular formula is C20H34O7Si. The molecule has 0 aliphatic carbocycles. The first-order valence-corrected chi connectivity index (χ1v) is 12.4. The summed E-state index contributed by atoms with van der Waals surface area (Å²) in [5, 5.41) is 0.150. The van der Waals surface area contributed by atoms with E-state index in [0.29, 0.717) is 19.8 Å². The maximum Gasteiger partial charge on any atom is 0.303 e. The fourth-order valence-electron chi connectivity index (χ4n) is 2.14. The van der Waals surface area contributed by atoms with Gasteiger partial charge in [-0.25, -0.2) is 0 Å². The molecule has 0 aromatic rings. The zero-order chi connectivity index (χ0) is 21.4. The molecule has 3 unspecified atom stereocenters. The first-order chi connectivity index (χ1) is 12.9. The van der Waals surface area contributed by atoms with Gasteiger partial charge >= 0.3 is 11.9 Å². The van der Waals surface area contributed by atoms with Crippen LogP contribution in [-0.4, -0.2) is 58.6 Å².